The maximum atomic E-state index is 9.78. The van der Waals surface area contributed by atoms with E-state index in [0.717, 1.165) is 0 Å². The van der Waals surface area contributed by atoms with Crippen molar-refractivity contribution >= 4 is 75.8 Å². The average Bonchev–Trinajstić information content (AvgIpc) is 3.76. The summed E-state index contributed by atoms with van der Waals surface area (Å²) < 4.78 is 239. The molecule has 9 aromatic carbocycles. The molecule has 0 unspecified atom stereocenters. The fraction of sp³-hybridized carbons (Fsp3) is 0. The molecule has 0 radical (unpaired) electrons. The van der Waals surface area contributed by atoms with Crippen molar-refractivity contribution < 1.29 is 40.1 Å². The second-order valence-corrected chi connectivity index (χ2v) is 10.0. The van der Waals surface area contributed by atoms with Gasteiger partial charge in [0.1, 0.15) is 11.2 Å². The van der Waals surface area contributed by atoms with Gasteiger partial charge in [-0.2, -0.15) is 0 Å². The average molecular weight is 597 g/mol. The zero-order chi connectivity index (χ0) is 52.1. The van der Waals surface area contributed by atoms with E-state index in [1.165, 1.54) is 0 Å². The molecular weight excluding hydrogens is 544 g/mol. The summed E-state index contributed by atoms with van der Waals surface area (Å²) in [7, 11) is 0. The molecule has 0 aliphatic carbocycles. The van der Waals surface area contributed by atoms with Crippen molar-refractivity contribution in [3.63, 3.8) is 0 Å². The molecule has 0 aliphatic rings. The van der Waals surface area contributed by atoms with E-state index < -0.39 is 255 Å². The molecule has 208 valence electrons. The van der Waals surface area contributed by atoms with Crippen molar-refractivity contribution in [2.75, 3.05) is 0 Å². The maximum absolute atomic E-state index is 9.78. The molecule has 0 amide bonds. The van der Waals surface area contributed by atoms with Crippen LogP contribution in [0.2, 0.25) is 0 Å². The Labute approximate surface area is 296 Å². The summed E-state index contributed by atoms with van der Waals surface area (Å²) in [4.78, 5) is 0. The van der Waals surface area contributed by atoms with E-state index >= 15 is 0 Å². The number of furan rings is 1. The van der Waals surface area contributed by atoms with Gasteiger partial charge in [-0.3, -0.25) is 0 Å². The van der Waals surface area contributed by atoms with Crippen molar-refractivity contribution in [3.05, 3.63) is 157 Å². The fourth-order valence-electron chi connectivity index (χ4n) is 5.85. The Hall–Kier alpha value is -5.92. The van der Waals surface area contributed by atoms with E-state index in [9.17, 15) is 12.3 Å². The summed E-state index contributed by atoms with van der Waals surface area (Å²) in [5, 5.41) is -6.15. The molecule has 1 heterocycles. The monoisotopic (exact) mass is 596 g/mol. The number of hydrogen-bond donors (Lipinski definition) is 0. The zero-order valence-electron chi connectivity index (χ0n) is 48.4. The van der Waals surface area contributed by atoms with Crippen LogP contribution in [0, 0.1) is 0 Å². The number of fused-ring (bicyclic) bond motifs is 11. The zero-order valence-corrected chi connectivity index (χ0v) is 22.4. The first-order chi connectivity index (χ1) is 33.2. The van der Waals surface area contributed by atoms with Gasteiger partial charge < -0.3 is 4.42 Å². The van der Waals surface area contributed by atoms with Crippen LogP contribution in [0.15, 0.2) is 162 Å². The summed E-state index contributed by atoms with van der Waals surface area (Å²) in [6, 6.07) is -22.3. The minimum Gasteiger partial charge on any atom is -0.456 e. The first kappa shape index (κ1) is 10.3. The van der Waals surface area contributed by atoms with Crippen LogP contribution in [0.4, 0.5) is 0 Å². The van der Waals surface area contributed by atoms with Gasteiger partial charge in [-0.05, 0) is 100 Å². The second kappa shape index (κ2) is 9.29. The summed E-state index contributed by atoms with van der Waals surface area (Å²) >= 11 is 0. The summed E-state index contributed by atoms with van der Waals surface area (Å²) in [5.41, 5.74) is -4.04. The lowest BCUT2D eigenvalue weighted by atomic mass is 9.86. The van der Waals surface area contributed by atoms with Crippen molar-refractivity contribution in [1.29, 1.82) is 0 Å². The van der Waals surface area contributed by atoms with E-state index in [2.05, 4.69) is 0 Å². The van der Waals surface area contributed by atoms with Crippen molar-refractivity contribution in [2.45, 2.75) is 0 Å². The summed E-state index contributed by atoms with van der Waals surface area (Å²) in [6.07, 6.45) is 0. The van der Waals surface area contributed by atoms with Gasteiger partial charge >= 0.3 is 0 Å². The molecule has 0 bridgehead atoms. The normalized spacial score (nSPS) is 20.1. The van der Waals surface area contributed by atoms with Crippen LogP contribution in [-0.2, 0) is 0 Å². The third kappa shape index (κ3) is 3.50. The molecule has 0 atom stereocenters. The van der Waals surface area contributed by atoms with Crippen LogP contribution in [0.25, 0.3) is 98.1 Å². The third-order valence-corrected chi connectivity index (χ3v) is 7.70. The van der Waals surface area contributed by atoms with Crippen LogP contribution in [0.5, 0.6) is 0 Å². The van der Waals surface area contributed by atoms with E-state index in [1.54, 1.807) is 0 Å². The van der Waals surface area contributed by atoms with Crippen LogP contribution in [0.1, 0.15) is 35.6 Å². The van der Waals surface area contributed by atoms with Gasteiger partial charge in [0.15, 0.2) is 0 Å². The predicted molar refractivity (Wildman–Crippen MR) is 192 cm³/mol. The van der Waals surface area contributed by atoms with Gasteiger partial charge in [0.2, 0.25) is 0 Å². The largest absolute Gasteiger partial charge is 0.456 e. The molecule has 10 rings (SSSR count). The van der Waals surface area contributed by atoms with Crippen molar-refractivity contribution in [1.82, 2.24) is 0 Å². The number of hydrogen-bond acceptors (Lipinski definition) is 1. The standard InChI is InChI=1S/C44H26O/c1-2-12-27(13-3-1)43-34-18-8-10-20-36(34)44(37-21-11-9-19-35(37)43)28-22-23-33-40-25-38-31-16-6-4-14-29(31)30-15-5-7-17-32(30)39(38)26-42(40)45-41(33)24-28/h1-26H/i1D,2D,3D,4D,5D,6D,7D,8D,9D,10D,11D,12D,13D,14D,15D,16D,17D,18D,19D,20D,21D,22D,23D,24D,25D,26D. The Morgan fingerprint density at radius 3 is 1.27 bits per heavy atom. The Morgan fingerprint density at radius 2 is 0.711 bits per heavy atom. The Kier molecular flexibility index (Phi) is 2.13. The fourth-order valence-corrected chi connectivity index (χ4v) is 5.85. The molecule has 10 aromatic rings. The Balaban J connectivity index is 1.50. The topological polar surface area (TPSA) is 13.1 Å². The smallest absolute Gasteiger partial charge is 0.136 e. The van der Waals surface area contributed by atoms with Crippen LogP contribution < -0.4 is 0 Å². The van der Waals surface area contributed by atoms with Gasteiger partial charge in [-0.1, -0.05) is 133 Å². The first-order valence-electron chi connectivity index (χ1n) is 26.4. The van der Waals surface area contributed by atoms with Crippen molar-refractivity contribution in [2.24, 2.45) is 0 Å². The molecule has 45 heavy (non-hydrogen) atoms. The number of rotatable bonds is 2. The van der Waals surface area contributed by atoms with E-state index in [0.29, 0.717) is 0 Å². The molecule has 0 fully saturated rings. The quantitative estimate of drug-likeness (QED) is 0.143. The molecule has 1 heteroatoms. The molecule has 1 nitrogen and oxygen atoms in total. The minimum absolute atomic E-state index is 0.410. The van der Waals surface area contributed by atoms with Gasteiger partial charge in [0, 0.05) is 10.8 Å². The van der Waals surface area contributed by atoms with Crippen LogP contribution in [0.3, 0.4) is 0 Å². The highest BCUT2D eigenvalue weighted by Gasteiger charge is 2.18. The second-order valence-electron chi connectivity index (χ2n) is 10.0. The van der Waals surface area contributed by atoms with Crippen LogP contribution in [-0.4, -0.2) is 0 Å². The molecular formula is C44H26O. The maximum Gasteiger partial charge on any atom is 0.136 e. The summed E-state index contributed by atoms with van der Waals surface area (Å²) in [6.45, 7) is 0. The van der Waals surface area contributed by atoms with E-state index in [1.807, 2.05) is 0 Å². The lowest BCUT2D eigenvalue weighted by molar-refractivity contribution is 0.669. The van der Waals surface area contributed by atoms with Crippen molar-refractivity contribution in [3.8, 4) is 22.3 Å². The highest BCUT2D eigenvalue weighted by atomic mass is 16.3. The van der Waals surface area contributed by atoms with E-state index in [-0.39, 0.29) is 0 Å². The predicted octanol–water partition coefficient (Wildman–Crippen LogP) is 12.7. The van der Waals surface area contributed by atoms with Gasteiger partial charge in [0.05, 0.1) is 35.6 Å². The SMILES string of the molecule is [2H]c1c([2H])c([2H])c(-c2c3c([2H])c([2H])c([2H])c([2H])c3c(-c3c([2H])c([2H])c4c(oc5c([2H])c6c7c([2H])c([2H])c([2H])c([2H])c7c7c([2H])c([2H])c([2H])c([2H])c7c6c([2H])c54)c3[2H])c3c([2H])c([2H])c([2H])c([2H])c23)c([2H])c1[2H]. The van der Waals surface area contributed by atoms with E-state index in [4.69, 9.17) is 27.7 Å². The number of benzene rings is 9. The first-order valence-corrected chi connectivity index (χ1v) is 13.4. The lowest BCUT2D eigenvalue weighted by Gasteiger charge is -2.17. The Bertz CT molecular complexity index is 4180. The molecule has 0 saturated carbocycles. The van der Waals surface area contributed by atoms with Crippen LogP contribution >= 0.6 is 0 Å². The van der Waals surface area contributed by atoms with Gasteiger partial charge in [-0.15, -0.1) is 0 Å². The molecule has 0 N–H and O–H groups in total. The van der Waals surface area contributed by atoms with Gasteiger partial charge in [0.25, 0.3) is 0 Å². The lowest BCUT2D eigenvalue weighted by Crippen LogP contribution is -1.90. The molecule has 0 spiro atoms. The molecule has 1 aromatic heterocycles. The molecule has 0 aliphatic heterocycles. The highest BCUT2D eigenvalue weighted by molar-refractivity contribution is 6.28. The molecule has 0 saturated heterocycles. The highest BCUT2D eigenvalue weighted by Crippen LogP contribution is 2.45. The minimum atomic E-state index is -0.964. The summed E-state index contributed by atoms with van der Waals surface area (Å²) in [5.74, 6) is 0. The Morgan fingerprint density at radius 1 is 0.289 bits per heavy atom. The van der Waals surface area contributed by atoms with Gasteiger partial charge in [-0.25, -0.2) is 0 Å². The third-order valence-electron chi connectivity index (χ3n) is 7.70.